The quantitative estimate of drug-likeness (QED) is 0.130. The Morgan fingerprint density at radius 2 is 0.759 bits per heavy atom. The van der Waals surface area contributed by atoms with E-state index in [0.717, 1.165) is 22.0 Å². The van der Waals surface area contributed by atoms with E-state index in [0.29, 0.717) is 0 Å². The molecule has 1 heterocycles. The molecule has 0 unspecified atom stereocenters. The van der Waals surface area contributed by atoms with Crippen LogP contribution in [0.15, 0.2) is 176 Å². The number of benzene rings is 10. The van der Waals surface area contributed by atoms with Gasteiger partial charge in [-0.15, -0.1) is 0 Å². The average Bonchev–Trinajstić information content (AvgIpc) is 3.30. The molecule has 0 atom stereocenters. The Bertz CT molecular complexity index is 3550. The molecule has 11 rings (SSSR count). The highest BCUT2D eigenvalue weighted by molar-refractivity contribution is 6.28. The summed E-state index contributed by atoms with van der Waals surface area (Å²) in [6.07, 6.45) is 4.32. The van der Waals surface area contributed by atoms with Crippen LogP contribution in [0.1, 0.15) is 27.7 Å². The van der Waals surface area contributed by atoms with Gasteiger partial charge in [-0.25, -0.2) is 4.98 Å². The summed E-state index contributed by atoms with van der Waals surface area (Å²) in [5.41, 5.74) is 7.10. The van der Waals surface area contributed by atoms with Gasteiger partial charge in [-0.3, -0.25) is 0 Å². The van der Waals surface area contributed by atoms with E-state index in [4.69, 9.17) is 4.98 Å². The van der Waals surface area contributed by atoms with E-state index in [1.165, 1.54) is 97.5 Å². The molecule has 0 aliphatic rings. The molecule has 0 saturated carbocycles. The topological polar surface area (TPSA) is 12.9 Å². The summed E-state index contributed by atoms with van der Waals surface area (Å²) < 4.78 is 0. The molecule has 10 aromatic carbocycles. The van der Waals surface area contributed by atoms with E-state index < -0.39 is 0 Å². The fourth-order valence-electron chi connectivity index (χ4n) is 9.48. The molecule has 58 heavy (non-hydrogen) atoms. The molecule has 1 nitrogen and oxygen atoms in total. The van der Waals surface area contributed by atoms with E-state index in [9.17, 15) is 0 Å². The van der Waals surface area contributed by atoms with Crippen LogP contribution in [-0.2, 0) is 0 Å². The number of hydrogen-bond donors (Lipinski definition) is 0. The molecule has 0 bridgehead atoms. The number of hydrogen-bond acceptors (Lipinski definition) is 1. The number of aromatic nitrogens is 1. The van der Waals surface area contributed by atoms with Crippen molar-refractivity contribution in [2.24, 2.45) is 0 Å². The van der Waals surface area contributed by atoms with E-state index in [-0.39, 0.29) is 0 Å². The minimum absolute atomic E-state index is 1.00. The molecule has 0 radical (unpaired) electrons. The van der Waals surface area contributed by atoms with Crippen LogP contribution in [0, 0.1) is 0 Å². The van der Waals surface area contributed by atoms with Crippen LogP contribution in [-0.4, -0.2) is 4.98 Å². The molecule has 1 aromatic heterocycles. The number of fused-ring (bicyclic) bond motifs is 9. The summed E-state index contributed by atoms with van der Waals surface area (Å²) in [4.78, 5) is 5.39. The van der Waals surface area contributed by atoms with Crippen LogP contribution < -0.4 is 10.6 Å². The summed E-state index contributed by atoms with van der Waals surface area (Å²) in [7, 11) is 0. The van der Waals surface area contributed by atoms with Crippen molar-refractivity contribution in [2.75, 3.05) is 0 Å². The predicted octanol–water partition coefficient (Wildman–Crippen LogP) is 14.8. The molecule has 276 valence electrons. The molecule has 0 fully saturated rings. The van der Waals surface area contributed by atoms with Gasteiger partial charge in [0.2, 0.25) is 0 Å². The maximum Gasteiger partial charge on any atom is 0.0788 e. The van der Waals surface area contributed by atoms with Crippen molar-refractivity contribution in [1.29, 1.82) is 0 Å². The van der Waals surface area contributed by atoms with Gasteiger partial charge in [0.1, 0.15) is 0 Å². The summed E-state index contributed by atoms with van der Waals surface area (Å²) in [6.45, 7) is 8.19. The Labute approximate surface area is 338 Å². The Morgan fingerprint density at radius 3 is 1.28 bits per heavy atom. The average molecular weight is 742 g/mol. The molecule has 0 saturated heterocycles. The molecule has 0 aliphatic carbocycles. The van der Waals surface area contributed by atoms with Crippen molar-refractivity contribution in [3.8, 4) is 33.5 Å². The third kappa shape index (κ3) is 5.42. The van der Waals surface area contributed by atoms with Crippen molar-refractivity contribution in [1.82, 2.24) is 4.98 Å². The zero-order valence-corrected chi connectivity index (χ0v) is 33.3. The van der Waals surface area contributed by atoms with Gasteiger partial charge in [0.25, 0.3) is 0 Å². The van der Waals surface area contributed by atoms with Crippen LogP contribution in [0.2, 0.25) is 0 Å². The molecule has 11 aromatic rings. The number of pyridine rings is 1. The van der Waals surface area contributed by atoms with Gasteiger partial charge in [-0.1, -0.05) is 184 Å². The molecule has 0 spiro atoms. The molecule has 0 amide bonds. The van der Waals surface area contributed by atoms with Gasteiger partial charge in [-0.2, -0.15) is 0 Å². The van der Waals surface area contributed by atoms with Crippen molar-refractivity contribution < 1.29 is 0 Å². The third-order valence-electron chi connectivity index (χ3n) is 11.9. The maximum atomic E-state index is 5.39. The van der Waals surface area contributed by atoms with Crippen molar-refractivity contribution in [2.45, 2.75) is 27.7 Å². The lowest BCUT2D eigenvalue weighted by atomic mass is 9.81. The van der Waals surface area contributed by atoms with Crippen LogP contribution in [0.3, 0.4) is 0 Å². The summed E-state index contributed by atoms with van der Waals surface area (Å²) in [6, 6.07) is 65.1. The van der Waals surface area contributed by atoms with Crippen molar-refractivity contribution in [3.63, 3.8) is 0 Å². The van der Waals surface area contributed by atoms with Crippen molar-refractivity contribution >= 4 is 87.6 Å². The minimum atomic E-state index is 1.00. The zero-order chi connectivity index (χ0) is 39.3. The van der Waals surface area contributed by atoms with Gasteiger partial charge in [0, 0.05) is 16.2 Å². The van der Waals surface area contributed by atoms with Crippen LogP contribution in [0.25, 0.3) is 121 Å². The number of nitrogens with zero attached hydrogens (tertiary/aromatic N) is 1. The summed E-state index contributed by atoms with van der Waals surface area (Å²) in [5.74, 6) is 0. The van der Waals surface area contributed by atoms with Gasteiger partial charge in [-0.05, 0) is 124 Å². The maximum absolute atomic E-state index is 5.39. The van der Waals surface area contributed by atoms with E-state index >= 15 is 0 Å². The fourth-order valence-corrected chi connectivity index (χ4v) is 9.48. The normalized spacial score (nSPS) is 12.3. The van der Waals surface area contributed by atoms with Crippen LogP contribution in [0.5, 0.6) is 0 Å². The lowest BCUT2D eigenvalue weighted by Gasteiger charge is -2.21. The highest BCUT2D eigenvalue weighted by Gasteiger charge is 2.22. The van der Waals surface area contributed by atoms with E-state index in [2.05, 4.69) is 202 Å². The third-order valence-corrected chi connectivity index (χ3v) is 11.9. The monoisotopic (exact) mass is 741 g/mol. The van der Waals surface area contributed by atoms with Gasteiger partial charge in [0.15, 0.2) is 0 Å². The number of rotatable bonds is 3. The van der Waals surface area contributed by atoms with E-state index in [1.807, 2.05) is 13.8 Å². The highest BCUT2D eigenvalue weighted by Crippen LogP contribution is 2.49. The molecular weight excluding hydrogens is 699 g/mol. The van der Waals surface area contributed by atoms with Crippen LogP contribution in [0.4, 0.5) is 0 Å². The Hall–Kier alpha value is -7.09. The fraction of sp³-hybridized carbons (Fsp3) is 0.0702. The first kappa shape index (κ1) is 35.3. The highest BCUT2D eigenvalue weighted by atomic mass is 14.7. The minimum Gasteiger partial charge on any atom is -0.247 e. The van der Waals surface area contributed by atoms with Crippen molar-refractivity contribution in [3.05, 3.63) is 186 Å². The van der Waals surface area contributed by atoms with Gasteiger partial charge in [0.05, 0.1) is 11.0 Å². The summed E-state index contributed by atoms with van der Waals surface area (Å²) in [5, 5.41) is 19.5. The SMILES string of the molecule is C/C=c1\c(=C/C)nc(-c2ccc3c(-c4cc5ccccc5c5ccccc45)c4ccccc4c(-c4cc5ccccc5c5ccccc45)c3c2)c2ccccc12.CC. The second-order valence-electron chi connectivity index (χ2n) is 14.8. The lowest BCUT2D eigenvalue weighted by Crippen LogP contribution is -2.29. The first-order chi connectivity index (χ1) is 28.7. The predicted molar refractivity (Wildman–Crippen MR) is 254 cm³/mol. The standard InChI is InChI=1S/C55H37N.C2H6/c1-3-37-40-21-13-16-28-48(40)55(56-52(37)4-2)36-29-30-47-51(33-36)54(50-32-35-18-6-8-20-39(35)42-23-10-12-25-44(42)50)46-27-15-14-26-45(46)53(47)49-31-34-17-5-7-19-38(34)41-22-9-11-24-43(41)49;1-2/h3-33H,1-2H3;1-2H3/b37-3-,52-4+;. The lowest BCUT2D eigenvalue weighted by molar-refractivity contribution is 1.25. The Kier molecular flexibility index (Phi) is 8.80. The second kappa shape index (κ2) is 14.4. The molecular formula is C57H43N. The molecule has 0 N–H and O–H groups in total. The van der Waals surface area contributed by atoms with Gasteiger partial charge < -0.3 is 0 Å². The molecule has 0 aliphatic heterocycles. The van der Waals surface area contributed by atoms with E-state index in [1.54, 1.807) is 0 Å². The largest absolute Gasteiger partial charge is 0.247 e. The summed E-state index contributed by atoms with van der Waals surface area (Å²) >= 11 is 0. The Balaban J connectivity index is 0.00000201. The smallest absolute Gasteiger partial charge is 0.0788 e. The second-order valence-corrected chi connectivity index (χ2v) is 14.8. The van der Waals surface area contributed by atoms with Gasteiger partial charge >= 0.3 is 0 Å². The molecule has 1 heteroatoms. The van der Waals surface area contributed by atoms with Crippen LogP contribution >= 0.6 is 0 Å². The first-order valence-electron chi connectivity index (χ1n) is 20.5. The first-order valence-corrected chi connectivity index (χ1v) is 20.5. The zero-order valence-electron chi connectivity index (χ0n) is 33.3. The Morgan fingerprint density at radius 1 is 0.345 bits per heavy atom.